The number of hydrogen-bond acceptors (Lipinski definition) is 3. The molecule has 0 spiro atoms. The lowest BCUT2D eigenvalue weighted by atomic mass is 9.77. The Balaban J connectivity index is 1.83. The first-order chi connectivity index (χ1) is 8.18. The van der Waals surface area contributed by atoms with Crippen LogP contribution in [0.4, 0.5) is 0 Å². The molecule has 1 heterocycles. The van der Waals surface area contributed by atoms with E-state index in [2.05, 4.69) is 36.1 Å². The molecule has 2 unspecified atom stereocenters. The number of hydrogen-bond donors (Lipinski definition) is 1. The average molecular weight is 239 g/mol. The van der Waals surface area contributed by atoms with Crippen molar-refractivity contribution in [3.63, 3.8) is 0 Å². The predicted octanol–water partition coefficient (Wildman–Crippen LogP) is 1.40. The van der Waals surface area contributed by atoms with Crippen LogP contribution in [0.3, 0.4) is 0 Å². The molecule has 0 aromatic heterocycles. The van der Waals surface area contributed by atoms with Crippen LogP contribution in [-0.2, 0) is 0 Å². The maximum absolute atomic E-state index is 3.44. The molecule has 0 aromatic carbocycles. The molecule has 0 aromatic rings. The van der Waals surface area contributed by atoms with Gasteiger partial charge in [0, 0.05) is 38.3 Å². The summed E-state index contributed by atoms with van der Waals surface area (Å²) in [7, 11) is 4.51. The van der Waals surface area contributed by atoms with E-state index < -0.39 is 0 Å². The molecular weight excluding hydrogens is 210 g/mol. The standard InChI is InChI=1S/C14H29N3/c1-12(17-9-7-15-8-10-17)11-14(16(2)3)13-5-4-6-13/h12-15H,4-11H2,1-3H3. The first-order valence-corrected chi connectivity index (χ1v) is 7.29. The number of rotatable bonds is 5. The summed E-state index contributed by atoms with van der Waals surface area (Å²) >= 11 is 0. The Morgan fingerprint density at radius 3 is 2.35 bits per heavy atom. The van der Waals surface area contributed by atoms with E-state index in [1.807, 2.05) is 0 Å². The molecule has 17 heavy (non-hydrogen) atoms. The lowest BCUT2D eigenvalue weighted by Gasteiger charge is -2.42. The van der Waals surface area contributed by atoms with Crippen LogP contribution in [0, 0.1) is 5.92 Å². The smallest absolute Gasteiger partial charge is 0.0132 e. The van der Waals surface area contributed by atoms with E-state index in [0.29, 0.717) is 0 Å². The minimum atomic E-state index is 0.741. The van der Waals surface area contributed by atoms with E-state index in [-0.39, 0.29) is 0 Å². The van der Waals surface area contributed by atoms with Gasteiger partial charge in [0.25, 0.3) is 0 Å². The van der Waals surface area contributed by atoms with Crippen molar-refractivity contribution in [3.05, 3.63) is 0 Å². The molecule has 1 N–H and O–H groups in total. The Morgan fingerprint density at radius 2 is 1.88 bits per heavy atom. The van der Waals surface area contributed by atoms with Gasteiger partial charge in [0.05, 0.1) is 0 Å². The normalized spacial score (nSPS) is 26.8. The van der Waals surface area contributed by atoms with Crippen molar-refractivity contribution < 1.29 is 0 Å². The first-order valence-electron chi connectivity index (χ1n) is 7.29. The molecule has 3 nitrogen and oxygen atoms in total. The molecule has 0 amide bonds. The first kappa shape index (κ1) is 13.3. The molecule has 2 aliphatic rings. The van der Waals surface area contributed by atoms with Gasteiger partial charge in [-0.25, -0.2) is 0 Å². The third-order valence-corrected chi connectivity index (χ3v) is 4.71. The lowest BCUT2D eigenvalue weighted by molar-refractivity contribution is 0.0884. The SMILES string of the molecule is CC(CC(C1CCC1)N(C)C)N1CCNCC1. The minimum Gasteiger partial charge on any atom is -0.314 e. The summed E-state index contributed by atoms with van der Waals surface area (Å²) in [5, 5.41) is 3.44. The van der Waals surface area contributed by atoms with Gasteiger partial charge in [0.2, 0.25) is 0 Å². The fourth-order valence-corrected chi connectivity index (χ4v) is 3.27. The summed E-state index contributed by atoms with van der Waals surface area (Å²) in [5.74, 6) is 0.968. The average Bonchev–Trinajstić information content (AvgIpc) is 2.26. The fourth-order valence-electron chi connectivity index (χ4n) is 3.27. The zero-order chi connectivity index (χ0) is 12.3. The van der Waals surface area contributed by atoms with Crippen molar-refractivity contribution >= 4 is 0 Å². The second kappa shape index (κ2) is 6.17. The molecule has 1 aliphatic heterocycles. The molecule has 2 atom stereocenters. The van der Waals surface area contributed by atoms with E-state index >= 15 is 0 Å². The molecule has 0 radical (unpaired) electrons. The van der Waals surface area contributed by atoms with Crippen molar-refractivity contribution in [3.8, 4) is 0 Å². The highest BCUT2D eigenvalue weighted by atomic mass is 15.2. The van der Waals surface area contributed by atoms with Crippen LogP contribution >= 0.6 is 0 Å². The third kappa shape index (κ3) is 3.43. The highest BCUT2D eigenvalue weighted by molar-refractivity contribution is 4.86. The second-order valence-electron chi connectivity index (χ2n) is 6.09. The summed E-state index contributed by atoms with van der Waals surface area (Å²) in [5.41, 5.74) is 0. The highest BCUT2D eigenvalue weighted by Crippen LogP contribution is 2.34. The summed E-state index contributed by atoms with van der Waals surface area (Å²) < 4.78 is 0. The van der Waals surface area contributed by atoms with Gasteiger partial charge in [-0.3, -0.25) is 4.90 Å². The lowest BCUT2D eigenvalue weighted by Crippen LogP contribution is -2.50. The van der Waals surface area contributed by atoms with Crippen LogP contribution in [0.25, 0.3) is 0 Å². The quantitative estimate of drug-likeness (QED) is 0.782. The van der Waals surface area contributed by atoms with E-state index in [4.69, 9.17) is 0 Å². The Bertz CT molecular complexity index is 220. The van der Waals surface area contributed by atoms with Crippen LogP contribution < -0.4 is 5.32 Å². The highest BCUT2D eigenvalue weighted by Gasteiger charge is 2.31. The van der Waals surface area contributed by atoms with Crippen LogP contribution in [-0.4, -0.2) is 62.2 Å². The van der Waals surface area contributed by atoms with Gasteiger partial charge in [-0.1, -0.05) is 6.42 Å². The molecular formula is C14H29N3. The Labute approximate surface area is 107 Å². The van der Waals surface area contributed by atoms with Crippen molar-refractivity contribution in [2.24, 2.45) is 5.92 Å². The largest absolute Gasteiger partial charge is 0.314 e. The Hall–Kier alpha value is -0.120. The topological polar surface area (TPSA) is 18.5 Å². The van der Waals surface area contributed by atoms with Crippen LogP contribution in [0.15, 0.2) is 0 Å². The van der Waals surface area contributed by atoms with Gasteiger partial charge in [0.1, 0.15) is 0 Å². The monoisotopic (exact) mass is 239 g/mol. The molecule has 1 aliphatic carbocycles. The summed E-state index contributed by atoms with van der Waals surface area (Å²) in [6.45, 7) is 7.21. The van der Waals surface area contributed by atoms with Crippen molar-refractivity contribution in [1.82, 2.24) is 15.1 Å². The van der Waals surface area contributed by atoms with E-state index in [9.17, 15) is 0 Å². The van der Waals surface area contributed by atoms with Crippen LogP contribution in [0.1, 0.15) is 32.6 Å². The predicted molar refractivity (Wildman–Crippen MR) is 73.3 cm³/mol. The van der Waals surface area contributed by atoms with E-state index in [1.54, 1.807) is 0 Å². The zero-order valence-corrected chi connectivity index (χ0v) is 11.8. The summed E-state index contributed by atoms with van der Waals surface area (Å²) in [6, 6.07) is 1.54. The van der Waals surface area contributed by atoms with Gasteiger partial charge in [0.15, 0.2) is 0 Å². The third-order valence-electron chi connectivity index (χ3n) is 4.71. The summed E-state index contributed by atoms with van der Waals surface area (Å²) in [4.78, 5) is 5.12. The van der Waals surface area contributed by atoms with Gasteiger partial charge in [-0.05, 0) is 46.2 Å². The van der Waals surface area contributed by atoms with E-state index in [1.165, 1.54) is 51.9 Å². The van der Waals surface area contributed by atoms with Gasteiger partial charge >= 0.3 is 0 Å². The Kier molecular flexibility index (Phi) is 4.83. The minimum absolute atomic E-state index is 0.741. The molecule has 100 valence electrons. The van der Waals surface area contributed by atoms with Crippen molar-refractivity contribution in [1.29, 1.82) is 0 Å². The molecule has 1 saturated heterocycles. The maximum Gasteiger partial charge on any atom is 0.0132 e. The zero-order valence-electron chi connectivity index (χ0n) is 11.8. The van der Waals surface area contributed by atoms with Crippen LogP contribution in [0.2, 0.25) is 0 Å². The Morgan fingerprint density at radius 1 is 1.24 bits per heavy atom. The van der Waals surface area contributed by atoms with Gasteiger partial charge in [-0.15, -0.1) is 0 Å². The van der Waals surface area contributed by atoms with Gasteiger partial charge in [-0.2, -0.15) is 0 Å². The van der Waals surface area contributed by atoms with Gasteiger partial charge < -0.3 is 10.2 Å². The van der Waals surface area contributed by atoms with E-state index in [0.717, 1.165) is 18.0 Å². The van der Waals surface area contributed by atoms with Crippen LogP contribution in [0.5, 0.6) is 0 Å². The number of piperazine rings is 1. The number of nitrogens with zero attached hydrogens (tertiary/aromatic N) is 2. The fraction of sp³-hybridized carbons (Fsp3) is 1.00. The number of nitrogens with one attached hydrogen (secondary N) is 1. The van der Waals surface area contributed by atoms with Crippen molar-refractivity contribution in [2.75, 3.05) is 40.3 Å². The molecule has 1 saturated carbocycles. The molecule has 0 bridgehead atoms. The molecule has 2 fully saturated rings. The molecule has 3 heteroatoms. The summed E-state index contributed by atoms with van der Waals surface area (Å²) in [6.07, 6.45) is 5.71. The maximum atomic E-state index is 3.44. The second-order valence-corrected chi connectivity index (χ2v) is 6.09. The molecule has 2 rings (SSSR count). The van der Waals surface area contributed by atoms with Crippen molar-refractivity contribution in [2.45, 2.75) is 44.7 Å².